The Balaban J connectivity index is 1.36. The molecular weight excluding hydrogens is 310 g/mol. The molecule has 0 radical (unpaired) electrons. The molecule has 0 amide bonds. The lowest BCUT2D eigenvalue weighted by Crippen LogP contribution is -2.53. The number of nitrogens with one attached hydrogen (secondary N) is 1. The molecule has 1 aromatic carbocycles. The molecule has 1 aromatic heterocycles. The SMILES string of the molecule is Cc1ccc2[nH]cc(CN3CCC(N4C[C@@H](C)O[C@@H](C)C4)CC3)c2c1. The molecule has 1 N–H and O–H groups in total. The molecule has 25 heavy (non-hydrogen) atoms. The van der Waals surface area contributed by atoms with E-state index in [9.17, 15) is 0 Å². The quantitative estimate of drug-likeness (QED) is 0.926. The van der Waals surface area contributed by atoms with E-state index >= 15 is 0 Å². The van der Waals surface area contributed by atoms with Crippen molar-refractivity contribution in [3.05, 3.63) is 35.5 Å². The van der Waals surface area contributed by atoms with Gasteiger partial charge in [0.15, 0.2) is 0 Å². The maximum Gasteiger partial charge on any atom is 0.0678 e. The molecular formula is C21H31N3O. The molecule has 3 heterocycles. The molecule has 0 unspecified atom stereocenters. The number of morpholine rings is 1. The number of benzene rings is 1. The van der Waals surface area contributed by atoms with Gasteiger partial charge in [0.1, 0.15) is 0 Å². The zero-order valence-corrected chi connectivity index (χ0v) is 15.8. The third kappa shape index (κ3) is 3.76. The molecule has 2 atom stereocenters. The average molecular weight is 341 g/mol. The van der Waals surface area contributed by atoms with Crippen LogP contribution in [0.2, 0.25) is 0 Å². The van der Waals surface area contributed by atoms with Gasteiger partial charge in [0.25, 0.3) is 0 Å². The number of hydrogen-bond donors (Lipinski definition) is 1. The maximum absolute atomic E-state index is 5.89. The molecule has 136 valence electrons. The second-order valence-corrected chi connectivity index (χ2v) is 8.08. The number of piperidine rings is 1. The fourth-order valence-corrected chi connectivity index (χ4v) is 4.62. The minimum atomic E-state index is 0.372. The number of aryl methyl sites for hydroxylation is 1. The summed E-state index contributed by atoms with van der Waals surface area (Å²) in [5.74, 6) is 0. The molecule has 4 heteroatoms. The third-order valence-corrected chi connectivity index (χ3v) is 5.84. The van der Waals surface area contributed by atoms with Crippen LogP contribution < -0.4 is 0 Å². The molecule has 2 aliphatic rings. The van der Waals surface area contributed by atoms with Gasteiger partial charge in [0.05, 0.1) is 12.2 Å². The highest BCUT2D eigenvalue weighted by molar-refractivity contribution is 5.83. The fraction of sp³-hybridized carbons (Fsp3) is 0.619. The van der Waals surface area contributed by atoms with Gasteiger partial charge < -0.3 is 9.72 Å². The van der Waals surface area contributed by atoms with E-state index in [0.717, 1.165) is 25.7 Å². The first kappa shape index (κ1) is 17.1. The number of H-pyrrole nitrogens is 1. The Hall–Kier alpha value is -1.36. The highest BCUT2D eigenvalue weighted by atomic mass is 16.5. The van der Waals surface area contributed by atoms with Gasteiger partial charge in [-0.2, -0.15) is 0 Å². The predicted molar refractivity (Wildman–Crippen MR) is 103 cm³/mol. The molecule has 0 aliphatic carbocycles. The summed E-state index contributed by atoms with van der Waals surface area (Å²) in [6.07, 6.45) is 5.50. The van der Waals surface area contributed by atoms with E-state index in [-0.39, 0.29) is 0 Å². The molecule has 0 spiro atoms. The second kappa shape index (κ2) is 7.10. The molecule has 4 rings (SSSR count). The number of likely N-dealkylation sites (tertiary alicyclic amines) is 1. The van der Waals surface area contributed by atoms with Crippen LogP contribution in [0.4, 0.5) is 0 Å². The Bertz CT molecular complexity index is 707. The van der Waals surface area contributed by atoms with Crippen molar-refractivity contribution in [3.8, 4) is 0 Å². The summed E-state index contributed by atoms with van der Waals surface area (Å²) in [5.41, 5.74) is 4.03. The molecule has 0 bridgehead atoms. The number of aromatic nitrogens is 1. The molecule has 2 aliphatic heterocycles. The number of ether oxygens (including phenoxy) is 1. The van der Waals surface area contributed by atoms with Crippen molar-refractivity contribution in [2.75, 3.05) is 26.2 Å². The standard InChI is InChI=1S/C21H31N3O/c1-15-4-5-21-20(10-15)18(11-22-21)14-23-8-6-19(7-9-23)24-12-16(2)25-17(3)13-24/h4-5,10-11,16-17,19,22H,6-9,12-14H2,1-3H3/t16-,17+. The fourth-order valence-electron chi connectivity index (χ4n) is 4.62. The molecule has 2 saturated heterocycles. The van der Waals surface area contributed by atoms with Gasteiger partial charge in [-0.15, -0.1) is 0 Å². The molecule has 0 saturated carbocycles. The van der Waals surface area contributed by atoms with E-state index < -0.39 is 0 Å². The Morgan fingerprint density at radius 1 is 1.12 bits per heavy atom. The van der Waals surface area contributed by atoms with E-state index in [1.807, 2.05) is 0 Å². The summed E-state index contributed by atoms with van der Waals surface area (Å²) in [5, 5.41) is 1.39. The number of fused-ring (bicyclic) bond motifs is 1. The molecule has 4 nitrogen and oxygen atoms in total. The first-order valence-electron chi connectivity index (χ1n) is 9.77. The monoisotopic (exact) mass is 341 g/mol. The summed E-state index contributed by atoms with van der Waals surface area (Å²) in [6, 6.07) is 7.42. The van der Waals surface area contributed by atoms with Gasteiger partial charge in [-0.25, -0.2) is 0 Å². The van der Waals surface area contributed by atoms with Crippen LogP contribution in [0.1, 0.15) is 37.8 Å². The first-order chi connectivity index (χ1) is 12.1. The van der Waals surface area contributed by atoms with Crippen LogP contribution in [0.25, 0.3) is 10.9 Å². The lowest BCUT2D eigenvalue weighted by atomic mass is 10.0. The van der Waals surface area contributed by atoms with E-state index in [0.29, 0.717) is 12.2 Å². The van der Waals surface area contributed by atoms with E-state index in [2.05, 4.69) is 60.0 Å². The summed E-state index contributed by atoms with van der Waals surface area (Å²) in [6.45, 7) is 12.2. The van der Waals surface area contributed by atoms with Crippen molar-refractivity contribution in [1.29, 1.82) is 0 Å². The van der Waals surface area contributed by atoms with Crippen molar-refractivity contribution in [2.24, 2.45) is 0 Å². The minimum absolute atomic E-state index is 0.372. The smallest absolute Gasteiger partial charge is 0.0678 e. The van der Waals surface area contributed by atoms with E-state index in [1.165, 1.54) is 48.0 Å². The zero-order chi connectivity index (χ0) is 17.4. The van der Waals surface area contributed by atoms with Gasteiger partial charge in [-0.1, -0.05) is 11.6 Å². The largest absolute Gasteiger partial charge is 0.373 e. The topological polar surface area (TPSA) is 31.5 Å². The summed E-state index contributed by atoms with van der Waals surface area (Å²) in [7, 11) is 0. The lowest BCUT2D eigenvalue weighted by molar-refractivity contribution is -0.0865. The van der Waals surface area contributed by atoms with Crippen LogP contribution in [0.15, 0.2) is 24.4 Å². The number of hydrogen-bond acceptors (Lipinski definition) is 3. The van der Waals surface area contributed by atoms with Crippen molar-refractivity contribution < 1.29 is 4.74 Å². The van der Waals surface area contributed by atoms with Crippen molar-refractivity contribution in [3.63, 3.8) is 0 Å². The van der Waals surface area contributed by atoms with Crippen molar-refractivity contribution in [1.82, 2.24) is 14.8 Å². The molecule has 2 fully saturated rings. The van der Waals surface area contributed by atoms with Crippen LogP contribution in [-0.4, -0.2) is 59.2 Å². The van der Waals surface area contributed by atoms with Crippen LogP contribution in [0.3, 0.4) is 0 Å². The Labute approximate surface area is 151 Å². The van der Waals surface area contributed by atoms with Crippen LogP contribution >= 0.6 is 0 Å². The number of rotatable bonds is 3. The minimum Gasteiger partial charge on any atom is -0.373 e. The first-order valence-corrected chi connectivity index (χ1v) is 9.77. The second-order valence-electron chi connectivity index (χ2n) is 8.08. The van der Waals surface area contributed by atoms with Gasteiger partial charge in [0, 0.05) is 42.8 Å². The van der Waals surface area contributed by atoms with Crippen molar-refractivity contribution in [2.45, 2.75) is 58.4 Å². The van der Waals surface area contributed by atoms with E-state index in [4.69, 9.17) is 4.74 Å². The van der Waals surface area contributed by atoms with Crippen LogP contribution in [-0.2, 0) is 11.3 Å². The zero-order valence-electron chi connectivity index (χ0n) is 15.8. The highest BCUT2D eigenvalue weighted by Gasteiger charge is 2.30. The highest BCUT2D eigenvalue weighted by Crippen LogP contribution is 2.25. The van der Waals surface area contributed by atoms with Crippen LogP contribution in [0, 0.1) is 6.92 Å². The maximum atomic E-state index is 5.89. The van der Waals surface area contributed by atoms with Crippen LogP contribution in [0.5, 0.6) is 0 Å². The molecule has 2 aromatic rings. The Morgan fingerprint density at radius 3 is 2.56 bits per heavy atom. The summed E-state index contributed by atoms with van der Waals surface area (Å²) in [4.78, 5) is 8.72. The Morgan fingerprint density at radius 2 is 1.84 bits per heavy atom. The summed E-state index contributed by atoms with van der Waals surface area (Å²) >= 11 is 0. The van der Waals surface area contributed by atoms with E-state index in [1.54, 1.807) is 0 Å². The number of nitrogens with zero attached hydrogens (tertiary/aromatic N) is 2. The summed E-state index contributed by atoms with van der Waals surface area (Å²) < 4.78 is 5.89. The average Bonchev–Trinajstić information content (AvgIpc) is 2.97. The van der Waals surface area contributed by atoms with Crippen molar-refractivity contribution >= 4 is 10.9 Å². The predicted octanol–water partition coefficient (Wildman–Crippen LogP) is 3.55. The van der Waals surface area contributed by atoms with Gasteiger partial charge in [-0.05, 0) is 64.4 Å². The number of aromatic amines is 1. The lowest BCUT2D eigenvalue weighted by Gasteiger charge is -2.43. The van der Waals surface area contributed by atoms with Gasteiger partial charge >= 0.3 is 0 Å². The van der Waals surface area contributed by atoms with Gasteiger partial charge in [-0.3, -0.25) is 9.80 Å². The Kier molecular flexibility index (Phi) is 4.85. The van der Waals surface area contributed by atoms with Gasteiger partial charge in [0.2, 0.25) is 0 Å². The third-order valence-electron chi connectivity index (χ3n) is 5.84. The normalized spacial score (nSPS) is 27.2.